The number of hydrogen-bond donors (Lipinski definition) is 2. The molecule has 2 rings (SSSR count). The van der Waals surface area contributed by atoms with Gasteiger partial charge in [0.25, 0.3) is 0 Å². The second-order valence-corrected chi connectivity index (χ2v) is 5.58. The maximum atomic E-state index is 12.5. The van der Waals surface area contributed by atoms with Gasteiger partial charge in [-0.3, -0.25) is 4.79 Å². The molecule has 9 heteroatoms. The lowest BCUT2D eigenvalue weighted by Gasteiger charge is -2.06. The van der Waals surface area contributed by atoms with Crippen LogP contribution in [0.3, 0.4) is 0 Å². The Morgan fingerprint density at radius 2 is 1.96 bits per heavy atom. The zero-order chi connectivity index (χ0) is 16.3. The van der Waals surface area contributed by atoms with E-state index < -0.39 is 17.8 Å². The first-order chi connectivity index (χ1) is 10.3. The van der Waals surface area contributed by atoms with Crippen molar-refractivity contribution in [3.8, 4) is 10.6 Å². The maximum absolute atomic E-state index is 12.5. The summed E-state index contributed by atoms with van der Waals surface area (Å²) < 4.78 is 37.5. The van der Waals surface area contributed by atoms with Crippen LogP contribution in [0.4, 0.5) is 13.2 Å². The highest BCUT2D eigenvalue weighted by Gasteiger charge is 2.30. The van der Waals surface area contributed by atoms with Crippen LogP contribution in [0.15, 0.2) is 29.6 Å². The Bertz CT molecular complexity index is 656. The van der Waals surface area contributed by atoms with Crippen LogP contribution in [0.5, 0.6) is 0 Å². The number of carbonyl (C=O) groups is 1. The number of nitrogens with two attached hydrogens (primary N) is 1. The number of nitrogens with one attached hydrogen (secondary N) is 1. The van der Waals surface area contributed by atoms with Gasteiger partial charge in [0.05, 0.1) is 23.8 Å². The number of amides is 1. The molecule has 126 valence electrons. The minimum atomic E-state index is -4.35. The molecular weight excluding hydrogens is 351 g/mol. The van der Waals surface area contributed by atoms with Crippen molar-refractivity contribution in [3.63, 3.8) is 0 Å². The fraction of sp³-hybridized carbons (Fsp3) is 0.286. The topological polar surface area (TPSA) is 68.0 Å². The molecule has 0 aliphatic rings. The van der Waals surface area contributed by atoms with Crippen molar-refractivity contribution < 1.29 is 18.0 Å². The van der Waals surface area contributed by atoms with Crippen molar-refractivity contribution in [1.29, 1.82) is 0 Å². The second-order valence-electron chi connectivity index (χ2n) is 4.73. The molecule has 0 saturated heterocycles. The van der Waals surface area contributed by atoms with E-state index in [1.165, 1.54) is 23.5 Å². The molecule has 23 heavy (non-hydrogen) atoms. The van der Waals surface area contributed by atoms with E-state index in [9.17, 15) is 18.0 Å². The minimum Gasteiger partial charge on any atom is -0.349 e. The molecular formula is C14H15ClF3N3OS. The van der Waals surface area contributed by atoms with Crippen molar-refractivity contribution >= 4 is 29.7 Å². The van der Waals surface area contributed by atoms with E-state index >= 15 is 0 Å². The molecule has 1 aromatic heterocycles. The summed E-state index contributed by atoms with van der Waals surface area (Å²) in [5.74, 6) is -0.288. The third-order valence-electron chi connectivity index (χ3n) is 2.87. The highest BCUT2D eigenvalue weighted by molar-refractivity contribution is 7.13. The lowest BCUT2D eigenvalue weighted by Crippen LogP contribution is -2.37. The molecule has 2 aromatic rings. The summed E-state index contributed by atoms with van der Waals surface area (Å²) in [6, 6.07) is 4.20. The van der Waals surface area contributed by atoms with E-state index in [-0.39, 0.29) is 24.9 Å². The van der Waals surface area contributed by atoms with Crippen molar-refractivity contribution in [2.24, 2.45) is 5.73 Å². The Hall–Kier alpha value is -1.64. The average molecular weight is 366 g/mol. The fourth-order valence-corrected chi connectivity index (χ4v) is 2.49. The standard InChI is InChI=1S/C14H14F3N3OS.ClH/c1-8(18)12(21)19-6-11-7-22-13(20-11)9-2-4-10(5-3-9)14(15,16)17;/h2-5,7-8H,6,18H2,1H3,(H,19,21);1H/t8-;/m1./s1. The third kappa shape index (κ3) is 5.19. The van der Waals surface area contributed by atoms with E-state index in [1.807, 2.05) is 0 Å². The van der Waals surface area contributed by atoms with Crippen LogP contribution in [-0.2, 0) is 17.5 Å². The molecule has 0 radical (unpaired) electrons. The van der Waals surface area contributed by atoms with Gasteiger partial charge in [-0.2, -0.15) is 13.2 Å². The summed E-state index contributed by atoms with van der Waals surface area (Å²) in [6.07, 6.45) is -4.35. The normalized spacial score (nSPS) is 12.4. The zero-order valence-corrected chi connectivity index (χ0v) is 13.7. The maximum Gasteiger partial charge on any atom is 0.416 e. The molecule has 1 heterocycles. The average Bonchev–Trinajstić information content (AvgIpc) is 2.92. The Balaban J connectivity index is 0.00000264. The molecule has 0 saturated carbocycles. The lowest BCUT2D eigenvalue weighted by atomic mass is 10.1. The van der Waals surface area contributed by atoms with Crippen LogP contribution in [0.2, 0.25) is 0 Å². The Kier molecular flexibility index (Phi) is 6.55. The van der Waals surface area contributed by atoms with Gasteiger partial charge < -0.3 is 11.1 Å². The summed E-state index contributed by atoms with van der Waals surface area (Å²) in [5, 5.41) is 4.96. The Morgan fingerprint density at radius 1 is 1.35 bits per heavy atom. The van der Waals surface area contributed by atoms with Gasteiger partial charge in [-0.1, -0.05) is 12.1 Å². The molecule has 1 atom stereocenters. The summed E-state index contributed by atoms with van der Waals surface area (Å²) in [7, 11) is 0. The molecule has 0 bridgehead atoms. The van der Waals surface area contributed by atoms with E-state index in [0.717, 1.165) is 12.1 Å². The molecule has 1 amide bonds. The number of benzene rings is 1. The van der Waals surface area contributed by atoms with Crippen LogP contribution in [0.25, 0.3) is 10.6 Å². The van der Waals surface area contributed by atoms with Crippen LogP contribution in [0.1, 0.15) is 18.2 Å². The molecule has 0 fully saturated rings. The van der Waals surface area contributed by atoms with Gasteiger partial charge in [0.2, 0.25) is 5.91 Å². The zero-order valence-electron chi connectivity index (χ0n) is 12.1. The largest absolute Gasteiger partial charge is 0.416 e. The van der Waals surface area contributed by atoms with Crippen LogP contribution in [0, 0.1) is 0 Å². The molecule has 1 aromatic carbocycles. The summed E-state index contributed by atoms with van der Waals surface area (Å²) in [6.45, 7) is 1.81. The minimum absolute atomic E-state index is 0. The number of alkyl halides is 3. The van der Waals surface area contributed by atoms with Crippen molar-refractivity contribution in [1.82, 2.24) is 10.3 Å². The van der Waals surface area contributed by atoms with Crippen LogP contribution >= 0.6 is 23.7 Å². The number of carbonyl (C=O) groups excluding carboxylic acids is 1. The Labute approximate surface area is 141 Å². The first-order valence-electron chi connectivity index (χ1n) is 6.42. The van der Waals surface area contributed by atoms with Gasteiger partial charge in [0, 0.05) is 10.9 Å². The smallest absolute Gasteiger partial charge is 0.349 e. The Morgan fingerprint density at radius 3 is 2.48 bits per heavy atom. The van der Waals surface area contributed by atoms with Gasteiger partial charge in [0.15, 0.2) is 0 Å². The quantitative estimate of drug-likeness (QED) is 0.874. The molecule has 4 nitrogen and oxygen atoms in total. The van der Waals surface area contributed by atoms with Gasteiger partial charge in [0.1, 0.15) is 5.01 Å². The number of hydrogen-bond acceptors (Lipinski definition) is 4. The second kappa shape index (κ2) is 7.76. The van der Waals surface area contributed by atoms with E-state index in [2.05, 4.69) is 10.3 Å². The van der Waals surface area contributed by atoms with E-state index in [1.54, 1.807) is 12.3 Å². The third-order valence-corrected chi connectivity index (χ3v) is 3.81. The number of nitrogens with zero attached hydrogens (tertiary/aromatic N) is 1. The number of rotatable bonds is 4. The SMILES string of the molecule is C[C@@H](N)C(=O)NCc1csc(-c2ccc(C(F)(F)F)cc2)n1.Cl. The summed E-state index contributed by atoms with van der Waals surface area (Å²) in [4.78, 5) is 15.6. The van der Waals surface area contributed by atoms with Crippen molar-refractivity contribution in [2.45, 2.75) is 25.7 Å². The molecule has 0 unspecified atom stereocenters. The van der Waals surface area contributed by atoms with E-state index in [0.29, 0.717) is 16.3 Å². The highest BCUT2D eigenvalue weighted by atomic mass is 35.5. The summed E-state index contributed by atoms with van der Waals surface area (Å²) >= 11 is 1.30. The van der Waals surface area contributed by atoms with Gasteiger partial charge in [-0.15, -0.1) is 23.7 Å². The molecule has 0 spiro atoms. The summed E-state index contributed by atoms with van der Waals surface area (Å²) in [5.41, 5.74) is 5.96. The number of aromatic nitrogens is 1. The molecule has 0 aliphatic heterocycles. The predicted molar refractivity (Wildman–Crippen MR) is 85.3 cm³/mol. The van der Waals surface area contributed by atoms with Crippen molar-refractivity contribution in [3.05, 3.63) is 40.9 Å². The first kappa shape index (κ1) is 19.4. The molecule has 3 N–H and O–H groups in total. The lowest BCUT2D eigenvalue weighted by molar-refractivity contribution is -0.137. The van der Waals surface area contributed by atoms with E-state index in [4.69, 9.17) is 5.73 Å². The van der Waals surface area contributed by atoms with Crippen molar-refractivity contribution in [2.75, 3.05) is 0 Å². The number of thiazole rings is 1. The van der Waals surface area contributed by atoms with Gasteiger partial charge >= 0.3 is 6.18 Å². The van der Waals surface area contributed by atoms with Gasteiger partial charge in [-0.25, -0.2) is 4.98 Å². The van der Waals surface area contributed by atoms with Crippen LogP contribution in [-0.4, -0.2) is 16.9 Å². The number of halogens is 4. The monoisotopic (exact) mass is 365 g/mol. The predicted octanol–water partition coefficient (Wildman–Crippen LogP) is 3.21. The highest BCUT2D eigenvalue weighted by Crippen LogP contribution is 2.31. The van der Waals surface area contributed by atoms with Gasteiger partial charge in [-0.05, 0) is 19.1 Å². The molecule has 0 aliphatic carbocycles. The fourth-order valence-electron chi connectivity index (χ4n) is 1.66. The first-order valence-corrected chi connectivity index (χ1v) is 7.30. The van der Waals surface area contributed by atoms with Crippen LogP contribution < -0.4 is 11.1 Å².